The molecule has 0 fully saturated rings. The fraction of sp³-hybridized carbons (Fsp3) is 0.0909. The maximum atomic E-state index is 5.38. The highest BCUT2D eigenvalue weighted by Gasteiger charge is 2.45. The van der Waals surface area contributed by atoms with E-state index < -0.39 is 0 Å². The molecule has 3 heterocycles. The molecular formula is C22H16BrN3OS2. The third-order valence-electron chi connectivity index (χ3n) is 5.16. The normalized spacial score (nSPS) is 16.5. The Hall–Kier alpha value is -2.35. The lowest BCUT2D eigenvalue weighted by Crippen LogP contribution is -3.00. The molecule has 1 unspecified atom stereocenters. The summed E-state index contributed by atoms with van der Waals surface area (Å²) in [5.41, 5.74) is 3.63. The zero-order chi connectivity index (χ0) is 18.7. The van der Waals surface area contributed by atoms with Crippen LogP contribution in [0.25, 0.3) is 10.2 Å². The number of benzene rings is 3. The number of fused-ring (bicyclic) bond motifs is 6. The highest BCUT2D eigenvalue weighted by molar-refractivity contribution is 8.14. The second-order valence-electron chi connectivity index (χ2n) is 6.70. The SMILES string of the molecule is COc1ccc(C2N3C(=Nc4sc5ccccc5[n+]42)Sc2ccccc23)cc1.[Br-]. The van der Waals surface area contributed by atoms with E-state index in [0.717, 1.165) is 16.0 Å². The van der Waals surface area contributed by atoms with E-state index in [4.69, 9.17) is 9.73 Å². The van der Waals surface area contributed by atoms with Crippen molar-refractivity contribution in [3.8, 4) is 5.75 Å². The molecule has 2 aliphatic rings. The minimum atomic E-state index is 0. The fourth-order valence-corrected chi connectivity index (χ4v) is 6.03. The molecule has 1 atom stereocenters. The molecule has 6 rings (SSSR count). The average molecular weight is 482 g/mol. The van der Waals surface area contributed by atoms with Gasteiger partial charge < -0.3 is 21.7 Å². The standard InChI is InChI=1S/C22H16N3OS2.BrH/c1-26-15-12-10-14(11-13-15)20-24-16-6-2-4-8-18(16)27-21(24)23-22-25(20)17-7-3-5-9-19(17)28-22;/h2-13,20H,1H3;1H/q+1;/p-1. The number of hydrogen-bond acceptors (Lipinski definition) is 5. The van der Waals surface area contributed by atoms with Gasteiger partial charge >= 0.3 is 5.13 Å². The Labute approximate surface area is 187 Å². The Balaban J connectivity index is 0.00000181. The van der Waals surface area contributed by atoms with Crippen molar-refractivity contribution in [1.29, 1.82) is 0 Å². The number of halogens is 1. The molecule has 0 saturated heterocycles. The summed E-state index contributed by atoms with van der Waals surface area (Å²) >= 11 is 3.49. The second kappa shape index (κ2) is 7.16. The molecule has 0 N–H and O–H groups in total. The first-order chi connectivity index (χ1) is 13.8. The molecule has 0 radical (unpaired) electrons. The maximum Gasteiger partial charge on any atom is 0.388 e. The number of anilines is 1. The van der Waals surface area contributed by atoms with Gasteiger partial charge in [0.1, 0.15) is 11.3 Å². The zero-order valence-corrected chi connectivity index (χ0v) is 18.7. The smallest absolute Gasteiger partial charge is 0.388 e. The molecule has 0 aliphatic carbocycles. The first-order valence-corrected chi connectivity index (χ1v) is 10.7. The van der Waals surface area contributed by atoms with Gasteiger partial charge in [-0.25, -0.2) is 0 Å². The molecule has 3 aromatic carbocycles. The van der Waals surface area contributed by atoms with Crippen molar-refractivity contribution in [2.75, 3.05) is 12.0 Å². The van der Waals surface area contributed by atoms with E-state index in [1.807, 2.05) is 12.1 Å². The van der Waals surface area contributed by atoms with Gasteiger partial charge in [-0.3, -0.25) is 4.90 Å². The lowest BCUT2D eigenvalue weighted by Gasteiger charge is -2.28. The monoisotopic (exact) mass is 481 g/mol. The highest BCUT2D eigenvalue weighted by atomic mass is 79.9. The van der Waals surface area contributed by atoms with Crippen LogP contribution in [-0.2, 0) is 0 Å². The number of rotatable bonds is 2. The summed E-state index contributed by atoms with van der Waals surface area (Å²) in [6.07, 6.45) is 0.0145. The van der Waals surface area contributed by atoms with Crippen molar-refractivity contribution in [2.45, 2.75) is 11.1 Å². The van der Waals surface area contributed by atoms with Crippen molar-refractivity contribution in [3.05, 3.63) is 78.4 Å². The summed E-state index contributed by atoms with van der Waals surface area (Å²) in [6.45, 7) is 0. The Kier molecular flexibility index (Phi) is 4.61. The number of aliphatic imine (C=N–C) groups is 1. The van der Waals surface area contributed by atoms with Gasteiger partial charge in [0, 0.05) is 10.5 Å². The third-order valence-corrected chi connectivity index (χ3v) is 7.23. The number of nitrogens with zero attached hydrogens (tertiary/aromatic N) is 3. The quantitative estimate of drug-likeness (QED) is 0.411. The number of thiazole rings is 1. The Morgan fingerprint density at radius 3 is 2.55 bits per heavy atom. The summed E-state index contributed by atoms with van der Waals surface area (Å²) in [7, 11) is 1.70. The number of ether oxygens (including phenoxy) is 1. The van der Waals surface area contributed by atoms with Gasteiger partial charge in [-0.2, -0.15) is 4.57 Å². The maximum absolute atomic E-state index is 5.38. The molecule has 0 saturated carbocycles. The van der Waals surface area contributed by atoms with Crippen LogP contribution in [0.1, 0.15) is 11.7 Å². The predicted molar refractivity (Wildman–Crippen MR) is 115 cm³/mol. The number of amidine groups is 1. The largest absolute Gasteiger partial charge is 1.00 e. The van der Waals surface area contributed by atoms with E-state index in [1.54, 1.807) is 30.2 Å². The van der Waals surface area contributed by atoms with E-state index in [-0.39, 0.29) is 23.1 Å². The molecule has 144 valence electrons. The van der Waals surface area contributed by atoms with Gasteiger partial charge in [0.25, 0.3) is 5.17 Å². The molecule has 0 bridgehead atoms. The van der Waals surface area contributed by atoms with E-state index >= 15 is 0 Å². The number of hydrogen-bond donors (Lipinski definition) is 0. The minimum absolute atomic E-state index is 0. The number of thioether (sulfide) groups is 1. The Morgan fingerprint density at radius 2 is 1.72 bits per heavy atom. The van der Waals surface area contributed by atoms with Crippen LogP contribution in [0.5, 0.6) is 5.75 Å². The van der Waals surface area contributed by atoms with Crippen LogP contribution < -0.4 is 31.2 Å². The lowest BCUT2D eigenvalue weighted by molar-refractivity contribution is -0.671. The summed E-state index contributed by atoms with van der Waals surface area (Å²) in [4.78, 5) is 8.64. The van der Waals surface area contributed by atoms with Gasteiger partial charge in [-0.05, 0) is 76.6 Å². The molecule has 0 amide bonds. The van der Waals surface area contributed by atoms with E-state index in [9.17, 15) is 0 Å². The molecule has 29 heavy (non-hydrogen) atoms. The Morgan fingerprint density at radius 1 is 0.966 bits per heavy atom. The summed E-state index contributed by atoms with van der Waals surface area (Å²) in [5, 5.41) is 2.07. The van der Waals surface area contributed by atoms with Crippen molar-refractivity contribution in [2.24, 2.45) is 4.99 Å². The topological polar surface area (TPSA) is 28.7 Å². The van der Waals surface area contributed by atoms with Crippen LogP contribution in [0.15, 0.2) is 82.7 Å². The molecule has 2 aliphatic heterocycles. The minimum Gasteiger partial charge on any atom is -1.00 e. The fourth-order valence-electron chi connectivity index (χ4n) is 3.88. The van der Waals surface area contributed by atoms with Crippen LogP contribution in [0.4, 0.5) is 10.8 Å². The molecular weight excluding hydrogens is 466 g/mol. The van der Waals surface area contributed by atoms with Crippen LogP contribution in [0.3, 0.4) is 0 Å². The van der Waals surface area contributed by atoms with Gasteiger partial charge in [-0.15, -0.1) is 0 Å². The third kappa shape index (κ3) is 2.79. The van der Waals surface area contributed by atoms with Gasteiger partial charge in [0.15, 0.2) is 0 Å². The van der Waals surface area contributed by atoms with Crippen LogP contribution in [0, 0.1) is 0 Å². The van der Waals surface area contributed by atoms with E-state index in [1.165, 1.54) is 26.4 Å². The summed E-state index contributed by atoms with van der Waals surface area (Å²) in [5.74, 6) is 0.866. The lowest BCUT2D eigenvalue weighted by atomic mass is 10.1. The molecule has 0 spiro atoms. The predicted octanol–water partition coefficient (Wildman–Crippen LogP) is 2.36. The van der Waals surface area contributed by atoms with Crippen LogP contribution >= 0.6 is 23.1 Å². The van der Waals surface area contributed by atoms with Gasteiger partial charge in [-0.1, -0.05) is 24.3 Å². The van der Waals surface area contributed by atoms with Gasteiger partial charge in [0.05, 0.1) is 17.5 Å². The molecule has 7 heteroatoms. The first-order valence-electron chi connectivity index (χ1n) is 9.05. The van der Waals surface area contributed by atoms with E-state index in [0.29, 0.717) is 0 Å². The van der Waals surface area contributed by atoms with Crippen LogP contribution in [-0.4, -0.2) is 12.3 Å². The van der Waals surface area contributed by atoms with Crippen molar-refractivity contribution < 1.29 is 26.3 Å². The van der Waals surface area contributed by atoms with Crippen molar-refractivity contribution >= 4 is 49.3 Å². The average Bonchev–Trinajstić information content (AvgIpc) is 3.30. The summed E-state index contributed by atoms with van der Waals surface area (Å²) < 4.78 is 8.98. The summed E-state index contributed by atoms with van der Waals surface area (Å²) in [6, 6.07) is 25.4. The van der Waals surface area contributed by atoms with E-state index in [2.05, 4.69) is 70.1 Å². The highest BCUT2D eigenvalue weighted by Crippen LogP contribution is 2.48. The Bertz CT molecular complexity index is 1250. The number of methoxy groups -OCH3 is 1. The zero-order valence-electron chi connectivity index (χ0n) is 15.4. The van der Waals surface area contributed by atoms with Crippen molar-refractivity contribution in [1.82, 2.24) is 0 Å². The number of para-hydroxylation sites is 2. The van der Waals surface area contributed by atoms with Crippen molar-refractivity contribution in [3.63, 3.8) is 0 Å². The van der Waals surface area contributed by atoms with Gasteiger partial charge in [0.2, 0.25) is 6.17 Å². The molecule has 4 aromatic rings. The molecule has 1 aromatic heterocycles. The second-order valence-corrected chi connectivity index (χ2v) is 8.72. The van der Waals surface area contributed by atoms with Crippen LogP contribution in [0.2, 0.25) is 0 Å². The number of aromatic nitrogens is 1. The molecule has 4 nitrogen and oxygen atoms in total. The first kappa shape index (κ1) is 18.7.